The van der Waals surface area contributed by atoms with Crippen LogP contribution in [0.1, 0.15) is 29.3 Å². The van der Waals surface area contributed by atoms with E-state index in [2.05, 4.69) is 0 Å². The fraction of sp³-hybridized carbons (Fsp3) is 0.231. The van der Waals surface area contributed by atoms with Crippen LogP contribution in [0.25, 0.3) is 21.9 Å². The monoisotopic (exact) mass is 662 g/mol. The Hall–Kier alpha value is -4.24. The third-order valence-corrected chi connectivity index (χ3v) is 9.66. The molecule has 2 saturated heterocycles. The van der Waals surface area contributed by atoms with Crippen LogP contribution in [0.4, 0.5) is 0 Å². The molecular formula is C39H35O8P. The molecule has 9 heteroatoms. The second-order valence-electron chi connectivity index (χ2n) is 11.7. The molecule has 0 amide bonds. The molecule has 5 aromatic carbocycles. The van der Waals surface area contributed by atoms with Crippen LogP contribution in [0, 0.1) is 0 Å². The lowest BCUT2D eigenvalue weighted by Gasteiger charge is -2.45. The lowest BCUT2D eigenvalue weighted by atomic mass is 10.00. The van der Waals surface area contributed by atoms with Gasteiger partial charge in [0.15, 0.2) is 12.6 Å². The normalized spacial score (nSPS) is 24.4. The quantitative estimate of drug-likeness (QED) is 0.160. The number of ether oxygens (including phenoxy) is 5. The van der Waals surface area contributed by atoms with Crippen LogP contribution in [-0.2, 0) is 30.3 Å². The summed E-state index contributed by atoms with van der Waals surface area (Å²) < 4.78 is 52.2. The third-order valence-electron chi connectivity index (χ3n) is 8.52. The SMILES string of the molecule is c1ccc(CO[C@@H]2COC(c3ccccc3)O[C@H]2[C@@H]2OC(c3ccccc3)OC[C@H]2Op2oc3ccccc3c3ccccc3o2)cc1. The summed E-state index contributed by atoms with van der Waals surface area (Å²) in [4.78, 5) is 0. The zero-order valence-electron chi connectivity index (χ0n) is 26.1. The smallest absolute Gasteiger partial charge is 0.387 e. The second-order valence-corrected chi connectivity index (χ2v) is 12.8. The van der Waals surface area contributed by atoms with Gasteiger partial charge in [0.2, 0.25) is 0 Å². The summed E-state index contributed by atoms with van der Waals surface area (Å²) in [5.41, 5.74) is 4.21. The van der Waals surface area contributed by atoms with Crippen molar-refractivity contribution in [2.75, 3.05) is 13.2 Å². The van der Waals surface area contributed by atoms with Crippen LogP contribution in [0.15, 0.2) is 148 Å². The molecule has 2 aliphatic rings. The van der Waals surface area contributed by atoms with E-state index in [1.54, 1.807) is 0 Å². The summed E-state index contributed by atoms with van der Waals surface area (Å²) in [6.07, 6.45) is -3.59. The molecule has 2 fully saturated rings. The van der Waals surface area contributed by atoms with Crippen molar-refractivity contribution in [1.82, 2.24) is 0 Å². The van der Waals surface area contributed by atoms with Crippen molar-refractivity contribution in [3.63, 3.8) is 0 Å². The van der Waals surface area contributed by atoms with Crippen molar-refractivity contribution >= 4 is 30.2 Å². The molecule has 244 valence electrons. The summed E-state index contributed by atoms with van der Waals surface area (Å²) in [5, 5.41) is 1.87. The Morgan fingerprint density at radius 1 is 0.521 bits per heavy atom. The lowest BCUT2D eigenvalue weighted by molar-refractivity contribution is -0.332. The summed E-state index contributed by atoms with van der Waals surface area (Å²) >= 11 is 0. The van der Waals surface area contributed by atoms with Gasteiger partial charge >= 0.3 is 8.24 Å². The van der Waals surface area contributed by atoms with Gasteiger partial charge in [-0.2, -0.15) is 0 Å². The van der Waals surface area contributed by atoms with Crippen molar-refractivity contribution in [1.29, 1.82) is 0 Å². The van der Waals surface area contributed by atoms with Gasteiger partial charge < -0.3 is 32.1 Å². The van der Waals surface area contributed by atoms with E-state index in [1.807, 2.05) is 140 Å². The number of fused-ring (bicyclic) bond motifs is 3. The molecule has 0 bridgehead atoms. The minimum absolute atomic E-state index is 0.210. The van der Waals surface area contributed by atoms with E-state index in [-0.39, 0.29) is 6.61 Å². The molecule has 0 radical (unpaired) electrons. The molecular weight excluding hydrogens is 627 g/mol. The van der Waals surface area contributed by atoms with Crippen molar-refractivity contribution in [3.8, 4) is 0 Å². The predicted molar refractivity (Wildman–Crippen MR) is 182 cm³/mol. The molecule has 6 atom stereocenters. The van der Waals surface area contributed by atoms with Gasteiger partial charge in [-0.3, -0.25) is 4.52 Å². The molecule has 0 aliphatic carbocycles. The number of benzene rings is 5. The average molecular weight is 663 g/mol. The minimum Gasteiger partial charge on any atom is -0.399 e. The van der Waals surface area contributed by atoms with Crippen molar-refractivity contribution in [3.05, 3.63) is 156 Å². The van der Waals surface area contributed by atoms with Gasteiger partial charge in [0.25, 0.3) is 0 Å². The molecule has 3 heterocycles. The van der Waals surface area contributed by atoms with Crippen LogP contribution in [0.2, 0.25) is 0 Å². The van der Waals surface area contributed by atoms with Gasteiger partial charge in [0, 0.05) is 21.9 Å². The highest BCUT2D eigenvalue weighted by Gasteiger charge is 2.47. The number of hydrogen-bond donors (Lipinski definition) is 0. The van der Waals surface area contributed by atoms with E-state index >= 15 is 0 Å². The summed E-state index contributed by atoms with van der Waals surface area (Å²) in [6, 6.07) is 45.5. The fourth-order valence-corrected chi connectivity index (χ4v) is 7.29. The highest BCUT2D eigenvalue weighted by atomic mass is 31.1. The number of hydrogen-bond acceptors (Lipinski definition) is 8. The lowest BCUT2D eigenvalue weighted by Crippen LogP contribution is -2.58. The highest BCUT2D eigenvalue weighted by molar-refractivity contribution is 7.31. The van der Waals surface area contributed by atoms with Crippen LogP contribution in [0.3, 0.4) is 0 Å². The third kappa shape index (κ3) is 6.83. The molecule has 0 saturated carbocycles. The van der Waals surface area contributed by atoms with E-state index in [4.69, 9.17) is 36.6 Å². The molecule has 6 aromatic rings. The molecule has 8 rings (SSSR count). The summed E-state index contributed by atoms with van der Waals surface area (Å²) in [7, 11) is -1.91. The minimum atomic E-state index is -1.91. The van der Waals surface area contributed by atoms with Crippen LogP contribution in [0.5, 0.6) is 0 Å². The Balaban J connectivity index is 1.17. The number of rotatable bonds is 8. The van der Waals surface area contributed by atoms with Gasteiger partial charge in [-0.15, -0.1) is 0 Å². The van der Waals surface area contributed by atoms with E-state index in [0.717, 1.165) is 27.5 Å². The molecule has 2 unspecified atom stereocenters. The van der Waals surface area contributed by atoms with Crippen molar-refractivity contribution in [2.24, 2.45) is 0 Å². The molecule has 48 heavy (non-hydrogen) atoms. The average Bonchev–Trinajstić information content (AvgIpc) is 3.31. The highest BCUT2D eigenvalue weighted by Crippen LogP contribution is 2.40. The zero-order valence-corrected chi connectivity index (χ0v) is 27.0. The Morgan fingerprint density at radius 3 is 1.54 bits per heavy atom. The Kier molecular flexibility index (Phi) is 9.37. The predicted octanol–water partition coefficient (Wildman–Crippen LogP) is 8.90. The maximum Gasteiger partial charge on any atom is 0.387 e. The maximum atomic E-state index is 6.79. The first kappa shape index (κ1) is 31.1. The standard InChI is InChI=1S/C39H35O8P/c1-4-14-27(15-5-1)24-40-34-25-41-38(28-16-6-2-7-17-28)43-36(34)37-35(26-42-39(44-37)29-18-8-3-9-19-29)47-48-45-32-22-12-10-20-30(32)31-21-11-13-23-33(31)46-48/h1-23,34-39H,24-26H2/t34-,35-,36-,37-,38?,39?/m1/s1. The van der Waals surface area contributed by atoms with E-state index in [1.165, 1.54) is 0 Å². The van der Waals surface area contributed by atoms with Gasteiger partial charge in [0.05, 0.1) is 19.8 Å². The molecule has 1 aromatic heterocycles. The summed E-state index contributed by atoms with van der Waals surface area (Å²) in [5.74, 6) is 0. The van der Waals surface area contributed by atoms with Crippen molar-refractivity contribution in [2.45, 2.75) is 43.6 Å². The first-order chi connectivity index (χ1) is 23.8. The van der Waals surface area contributed by atoms with Crippen molar-refractivity contribution < 1.29 is 36.6 Å². The Labute approximate surface area is 279 Å². The fourth-order valence-electron chi connectivity index (χ4n) is 6.12. The maximum absolute atomic E-state index is 6.79. The van der Waals surface area contributed by atoms with Gasteiger partial charge in [-0.25, -0.2) is 0 Å². The Morgan fingerprint density at radius 2 is 0.979 bits per heavy atom. The summed E-state index contributed by atoms with van der Waals surface area (Å²) in [6.45, 7) is 0.887. The molecule has 0 spiro atoms. The van der Waals surface area contributed by atoms with Gasteiger partial charge in [-0.1, -0.05) is 127 Å². The van der Waals surface area contributed by atoms with E-state index in [9.17, 15) is 0 Å². The zero-order chi connectivity index (χ0) is 32.1. The topological polar surface area (TPSA) is 81.7 Å². The van der Waals surface area contributed by atoms with Gasteiger partial charge in [-0.05, 0) is 17.7 Å². The van der Waals surface area contributed by atoms with Crippen LogP contribution in [-0.4, -0.2) is 37.6 Å². The second kappa shape index (κ2) is 14.5. The largest absolute Gasteiger partial charge is 0.399 e. The number of para-hydroxylation sites is 2. The first-order valence-electron chi connectivity index (χ1n) is 16.1. The first-order valence-corrected chi connectivity index (χ1v) is 17.2. The van der Waals surface area contributed by atoms with Crippen LogP contribution >= 0.6 is 8.24 Å². The molecule has 2 aliphatic heterocycles. The molecule has 8 nitrogen and oxygen atoms in total. The van der Waals surface area contributed by atoms with E-state index < -0.39 is 45.2 Å². The van der Waals surface area contributed by atoms with Crippen LogP contribution < -0.4 is 4.52 Å². The Bertz CT molecular complexity index is 1910. The van der Waals surface area contributed by atoms with E-state index in [0.29, 0.717) is 24.4 Å². The van der Waals surface area contributed by atoms with Gasteiger partial charge in [0.1, 0.15) is 35.6 Å². The molecule has 0 N–H and O–H groups in total.